The molecule has 2 aliphatic rings. The van der Waals surface area contributed by atoms with Gasteiger partial charge in [-0.2, -0.15) is 0 Å². The third-order valence-electron chi connectivity index (χ3n) is 4.56. The van der Waals surface area contributed by atoms with E-state index >= 15 is 0 Å². The summed E-state index contributed by atoms with van der Waals surface area (Å²) < 4.78 is 5.63. The Hall–Kier alpha value is -1.79. The highest BCUT2D eigenvalue weighted by atomic mass is 16.5. The van der Waals surface area contributed by atoms with Crippen molar-refractivity contribution in [2.24, 2.45) is 11.8 Å². The molecule has 6 nitrogen and oxygen atoms in total. The highest BCUT2D eigenvalue weighted by molar-refractivity contribution is 5.95. The number of rotatable bonds is 5. The van der Waals surface area contributed by atoms with Gasteiger partial charge in [0.05, 0.1) is 12.7 Å². The van der Waals surface area contributed by atoms with Gasteiger partial charge in [-0.05, 0) is 37.3 Å². The Balaban J connectivity index is 1.68. The second-order valence-corrected chi connectivity index (χ2v) is 6.52. The predicted octanol–water partition coefficient (Wildman–Crippen LogP) is 0.996. The van der Waals surface area contributed by atoms with Crippen molar-refractivity contribution in [2.75, 3.05) is 26.3 Å². The summed E-state index contributed by atoms with van der Waals surface area (Å²) in [5.41, 5.74) is 0.352. The van der Waals surface area contributed by atoms with Crippen molar-refractivity contribution >= 4 is 5.91 Å². The highest BCUT2D eigenvalue weighted by Crippen LogP contribution is 2.31. The van der Waals surface area contributed by atoms with Crippen molar-refractivity contribution in [3.63, 3.8) is 0 Å². The van der Waals surface area contributed by atoms with Gasteiger partial charge in [-0.1, -0.05) is 0 Å². The Bertz CT molecular complexity index is 572. The van der Waals surface area contributed by atoms with E-state index in [2.05, 4.69) is 0 Å². The molecular weight excluding hydrogens is 298 g/mol. The highest BCUT2D eigenvalue weighted by Gasteiger charge is 2.30. The number of benzene rings is 1. The standard InChI is InChI=1S/C17H23NO5/c19-9-12-3-4-18(8-16(12)21)17(22)13-5-14(20)7-15(6-13)23-10-11-1-2-11/h5-7,11-12,16,19-21H,1-4,8-10H2/t12-,16-/m1/s1. The molecule has 3 N–H and O–H groups in total. The summed E-state index contributed by atoms with van der Waals surface area (Å²) in [5, 5.41) is 29.0. The molecule has 126 valence electrons. The van der Waals surface area contributed by atoms with E-state index in [1.54, 1.807) is 11.0 Å². The number of hydrogen-bond donors (Lipinski definition) is 3. The Morgan fingerprint density at radius 1 is 1.26 bits per heavy atom. The van der Waals surface area contributed by atoms with Gasteiger partial charge in [0.1, 0.15) is 11.5 Å². The van der Waals surface area contributed by atoms with E-state index in [1.807, 2.05) is 0 Å². The number of nitrogens with zero attached hydrogens (tertiary/aromatic N) is 1. The van der Waals surface area contributed by atoms with Gasteiger partial charge in [0.15, 0.2) is 0 Å². The third kappa shape index (κ3) is 3.95. The monoisotopic (exact) mass is 321 g/mol. The van der Waals surface area contributed by atoms with E-state index in [0.717, 1.165) is 0 Å². The van der Waals surface area contributed by atoms with Crippen LogP contribution in [-0.4, -0.2) is 58.5 Å². The van der Waals surface area contributed by atoms with E-state index in [0.29, 0.717) is 36.8 Å². The zero-order valence-electron chi connectivity index (χ0n) is 13.0. The van der Waals surface area contributed by atoms with Gasteiger partial charge < -0.3 is 25.0 Å². The molecule has 2 fully saturated rings. The average molecular weight is 321 g/mol. The van der Waals surface area contributed by atoms with Crippen LogP contribution in [0, 0.1) is 11.8 Å². The lowest BCUT2D eigenvalue weighted by molar-refractivity contribution is 0.000859. The number of phenols is 1. The van der Waals surface area contributed by atoms with Crippen molar-refractivity contribution in [1.29, 1.82) is 0 Å². The summed E-state index contributed by atoms with van der Waals surface area (Å²) in [6.07, 6.45) is 2.18. The van der Waals surface area contributed by atoms with Crippen LogP contribution in [-0.2, 0) is 0 Å². The molecule has 0 radical (unpaired) electrons. The van der Waals surface area contributed by atoms with Crippen LogP contribution in [0.5, 0.6) is 11.5 Å². The number of hydrogen-bond acceptors (Lipinski definition) is 5. The minimum Gasteiger partial charge on any atom is -0.508 e. The van der Waals surface area contributed by atoms with Crippen molar-refractivity contribution in [3.8, 4) is 11.5 Å². The van der Waals surface area contributed by atoms with Crippen molar-refractivity contribution in [3.05, 3.63) is 23.8 Å². The molecule has 1 aromatic rings. The first-order chi connectivity index (χ1) is 11.1. The Kier molecular flexibility index (Phi) is 4.73. The second kappa shape index (κ2) is 6.76. The van der Waals surface area contributed by atoms with Gasteiger partial charge in [-0.15, -0.1) is 0 Å². The van der Waals surface area contributed by atoms with E-state index in [9.17, 15) is 20.1 Å². The van der Waals surface area contributed by atoms with Crippen molar-refractivity contribution in [1.82, 2.24) is 4.90 Å². The number of β-amino-alcohol motifs (C(OH)–C–C–N with tert-alkyl or cyclic N) is 1. The molecule has 0 bridgehead atoms. The number of amides is 1. The Morgan fingerprint density at radius 2 is 2.04 bits per heavy atom. The Morgan fingerprint density at radius 3 is 2.70 bits per heavy atom. The number of carbonyl (C=O) groups excluding carboxylic acids is 1. The number of aromatic hydroxyl groups is 1. The van der Waals surface area contributed by atoms with E-state index < -0.39 is 6.10 Å². The molecule has 1 aliphatic carbocycles. The summed E-state index contributed by atoms with van der Waals surface area (Å²) in [4.78, 5) is 14.1. The molecule has 0 spiro atoms. The van der Waals surface area contributed by atoms with Crippen LogP contribution in [0.3, 0.4) is 0 Å². The van der Waals surface area contributed by atoms with Crippen LogP contribution in [0.1, 0.15) is 29.6 Å². The Labute approximate surface area is 135 Å². The predicted molar refractivity (Wildman–Crippen MR) is 83.4 cm³/mol. The molecule has 1 aromatic carbocycles. The molecule has 1 heterocycles. The normalized spacial score (nSPS) is 24.5. The number of carbonyl (C=O) groups is 1. The molecule has 6 heteroatoms. The van der Waals surface area contributed by atoms with Crippen LogP contribution < -0.4 is 4.74 Å². The summed E-state index contributed by atoms with van der Waals surface area (Å²) >= 11 is 0. The molecule has 3 rings (SSSR count). The zero-order valence-corrected chi connectivity index (χ0v) is 13.0. The molecule has 23 heavy (non-hydrogen) atoms. The van der Waals surface area contributed by atoms with E-state index in [-0.39, 0.29) is 30.7 Å². The first-order valence-electron chi connectivity index (χ1n) is 8.12. The fourth-order valence-corrected chi connectivity index (χ4v) is 2.85. The maximum Gasteiger partial charge on any atom is 0.254 e. The molecule has 1 aliphatic heterocycles. The van der Waals surface area contributed by atoms with Crippen LogP contribution in [0.25, 0.3) is 0 Å². The number of piperidine rings is 1. The zero-order chi connectivity index (χ0) is 16.4. The molecule has 1 saturated carbocycles. The summed E-state index contributed by atoms with van der Waals surface area (Å²) in [5.74, 6) is 0.649. The first kappa shape index (κ1) is 16.1. The smallest absolute Gasteiger partial charge is 0.254 e. The molecule has 1 saturated heterocycles. The summed E-state index contributed by atoms with van der Waals surface area (Å²) in [6, 6.07) is 4.55. The molecule has 0 aromatic heterocycles. The quantitative estimate of drug-likeness (QED) is 0.752. The number of aliphatic hydroxyl groups excluding tert-OH is 2. The van der Waals surface area contributed by atoms with E-state index in [4.69, 9.17) is 4.74 Å². The number of likely N-dealkylation sites (tertiary alicyclic amines) is 1. The van der Waals surface area contributed by atoms with Crippen LogP contribution in [0.4, 0.5) is 0 Å². The van der Waals surface area contributed by atoms with Gasteiger partial charge >= 0.3 is 0 Å². The van der Waals surface area contributed by atoms with Gasteiger partial charge in [0.2, 0.25) is 0 Å². The largest absolute Gasteiger partial charge is 0.508 e. The van der Waals surface area contributed by atoms with Crippen molar-refractivity contribution < 1.29 is 24.9 Å². The lowest BCUT2D eigenvalue weighted by Gasteiger charge is -2.35. The fourth-order valence-electron chi connectivity index (χ4n) is 2.85. The topological polar surface area (TPSA) is 90.2 Å². The average Bonchev–Trinajstić information content (AvgIpc) is 3.36. The number of ether oxygens (including phenoxy) is 1. The van der Waals surface area contributed by atoms with Gasteiger partial charge in [0.25, 0.3) is 5.91 Å². The first-order valence-corrected chi connectivity index (χ1v) is 8.12. The minimum absolute atomic E-state index is 0.00700. The second-order valence-electron chi connectivity index (χ2n) is 6.52. The molecule has 2 atom stereocenters. The van der Waals surface area contributed by atoms with Gasteiger partial charge in [-0.25, -0.2) is 0 Å². The lowest BCUT2D eigenvalue weighted by Crippen LogP contribution is -2.47. The van der Waals surface area contributed by atoms with Gasteiger partial charge in [0, 0.05) is 37.2 Å². The molecule has 1 amide bonds. The van der Waals surface area contributed by atoms with Crippen LogP contribution >= 0.6 is 0 Å². The number of phenolic OH excluding ortho intramolecular Hbond substituents is 1. The van der Waals surface area contributed by atoms with Crippen molar-refractivity contribution in [2.45, 2.75) is 25.4 Å². The lowest BCUT2D eigenvalue weighted by atomic mass is 9.94. The maximum atomic E-state index is 12.6. The molecular formula is C17H23NO5. The number of aliphatic hydroxyl groups is 2. The minimum atomic E-state index is -0.722. The molecule has 0 unspecified atom stereocenters. The maximum absolute atomic E-state index is 12.6. The van der Waals surface area contributed by atoms with Crippen LogP contribution in [0.2, 0.25) is 0 Å². The fraction of sp³-hybridized carbons (Fsp3) is 0.588. The summed E-state index contributed by atoms with van der Waals surface area (Å²) in [6.45, 7) is 1.21. The SMILES string of the molecule is O=C(c1cc(O)cc(OCC2CC2)c1)N1CC[C@H](CO)[C@H](O)C1. The van der Waals surface area contributed by atoms with Crippen LogP contribution in [0.15, 0.2) is 18.2 Å². The third-order valence-corrected chi connectivity index (χ3v) is 4.56. The van der Waals surface area contributed by atoms with Gasteiger partial charge in [-0.3, -0.25) is 4.79 Å². The summed E-state index contributed by atoms with van der Waals surface area (Å²) in [7, 11) is 0. The van der Waals surface area contributed by atoms with E-state index in [1.165, 1.54) is 25.0 Å².